The summed E-state index contributed by atoms with van der Waals surface area (Å²) < 4.78 is 0. The number of nitrogens with one attached hydrogen (secondary N) is 3. The van der Waals surface area contributed by atoms with Gasteiger partial charge in [-0.2, -0.15) is 0 Å². The highest BCUT2D eigenvalue weighted by Gasteiger charge is 2.23. The Morgan fingerprint density at radius 3 is 2.50 bits per heavy atom. The van der Waals surface area contributed by atoms with Gasteiger partial charge in [0.2, 0.25) is 11.8 Å². The van der Waals surface area contributed by atoms with Gasteiger partial charge in [0.15, 0.2) is 0 Å². The molecule has 5 nitrogen and oxygen atoms in total. The Morgan fingerprint density at radius 1 is 1.09 bits per heavy atom. The molecular formula is C16H30ClN3O2. The lowest BCUT2D eigenvalue weighted by Gasteiger charge is -2.30. The maximum absolute atomic E-state index is 11.9. The van der Waals surface area contributed by atoms with E-state index in [0.29, 0.717) is 18.3 Å². The minimum absolute atomic E-state index is 0. The van der Waals surface area contributed by atoms with E-state index in [-0.39, 0.29) is 36.8 Å². The Labute approximate surface area is 139 Å². The topological polar surface area (TPSA) is 70.2 Å². The summed E-state index contributed by atoms with van der Waals surface area (Å²) in [5, 5.41) is 9.06. The normalized spacial score (nSPS) is 25.9. The first-order valence-electron chi connectivity index (χ1n) is 8.42. The van der Waals surface area contributed by atoms with E-state index in [1.165, 1.54) is 19.3 Å². The molecule has 0 radical (unpaired) electrons. The van der Waals surface area contributed by atoms with Crippen molar-refractivity contribution in [2.75, 3.05) is 19.6 Å². The zero-order chi connectivity index (χ0) is 15.1. The molecule has 128 valence electrons. The maximum Gasteiger partial charge on any atom is 0.239 e. The quantitative estimate of drug-likeness (QED) is 0.717. The third kappa shape index (κ3) is 6.53. The molecule has 1 saturated carbocycles. The maximum atomic E-state index is 11.9. The molecule has 1 saturated heterocycles. The van der Waals surface area contributed by atoms with Gasteiger partial charge in [0.25, 0.3) is 0 Å². The second kappa shape index (κ2) is 10.1. The van der Waals surface area contributed by atoms with Gasteiger partial charge in [-0.1, -0.05) is 26.2 Å². The third-order valence-corrected chi connectivity index (χ3v) is 4.82. The molecule has 3 N–H and O–H groups in total. The highest BCUT2D eigenvalue weighted by atomic mass is 35.5. The highest BCUT2D eigenvalue weighted by Crippen LogP contribution is 2.25. The summed E-state index contributed by atoms with van der Waals surface area (Å²) in [5.74, 6) is 0.955. The van der Waals surface area contributed by atoms with Crippen molar-refractivity contribution < 1.29 is 9.59 Å². The van der Waals surface area contributed by atoms with Crippen LogP contribution in [-0.4, -0.2) is 37.5 Å². The van der Waals surface area contributed by atoms with Crippen molar-refractivity contribution in [3.63, 3.8) is 0 Å². The zero-order valence-electron chi connectivity index (χ0n) is 13.5. The molecule has 0 spiro atoms. The van der Waals surface area contributed by atoms with Crippen LogP contribution in [0, 0.1) is 11.8 Å². The van der Waals surface area contributed by atoms with E-state index in [1.54, 1.807) is 0 Å². The van der Waals surface area contributed by atoms with Gasteiger partial charge in [0.1, 0.15) is 0 Å². The van der Waals surface area contributed by atoms with E-state index >= 15 is 0 Å². The minimum Gasteiger partial charge on any atom is -0.350 e. The van der Waals surface area contributed by atoms with E-state index in [1.807, 2.05) is 0 Å². The number of piperidine rings is 1. The number of hydrogen-bond acceptors (Lipinski definition) is 3. The number of amides is 2. The second-order valence-corrected chi connectivity index (χ2v) is 6.63. The van der Waals surface area contributed by atoms with Gasteiger partial charge < -0.3 is 16.0 Å². The number of halogens is 1. The summed E-state index contributed by atoms with van der Waals surface area (Å²) in [4.78, 5) is 23.8. The van der Waals surface area contributed by atoms with Crippen molar-refractivity contribution in [1.29, 1.82) is 0 Å². The van der Waals surface area contributed by atoms with Gasteiger partial charge in [-0.3, -0.25) is 9.59 Å². The van der Waals surface area contributed by atoms with Crippen LogP contribution in [0.5, 0.6) is 0 Å². The van der Waals surface area contributed by atoms with Crippen LogP contribution in [0.4, 0.5) is 0 Å². The second-order valence-electron chi connectivity index (χ2n) is 6.63. The lowest BCUT2D eigenvalue weighted by atomic mass is 9.87. The van der Waals surface area contributed by atoms with Gasteiger partial charge in [-0.25, -0.2) is 0 Å². The van der Waals surface area contributed by atoms with Gasteiger partial charge in [-0.05, 0) is 37.6 Å². The third-order valence-electron chi connectivity index (χ3n) is 4.82. The lowest BCUT2D eigenvalue weighted by Crippen LogP contribution is -2.52. The Hall–Kier alpha value is -0.810. The summed E-state index contributed by atoms with van der Waals surface area (Å²) in [6.45, 7) is 4.11. The SMILES string of the molecule is CC1CCNCC1NC(=O)CNC(=O)CC1CCCCC1.Cl. The Morgan fingerprint density at radius 2 is 1.82 bits per heavy atom. The first-order valence-corrected chi connectivity index (χ1v) is 8.42. The predicted molar refractivity (Wildman–Crippen MR) is 90.0 cm³/mol. The van der Waals surface area contributed by atoms with Crippen LogP contribution in [0.3, 0.4) is 0 Å². The molecule has 2 fully saturated rings. The molecule has 2 rings (SSSR count). The number of carbonyl (C=O) groups is 2. The molecule has 1 heterocycles. The van der Waals surface area contributed by atoms with Crippen molar-refractivity contribution in [1.82, 2.24) is 16.0 Å². The Bertz CT molecular complexity index is 359. The molecule has 2 atom stereocenters. The van der Waals surface area contributed by atoms with Gasteiger partial charge in [0, 0.05) is 19.0 Å². The fraction of sp³-hybridized carbons (Fsp3) is 0.875. The fourth-order valence-electron chi connectivity index (χ4n) is 3.35. The molecule has 0 aromatic rings. The molecule has 0 aromatic carbocycles. The van der Waals surface area contributed by atoms with Crippen molar-refractivity contribution in [3.8, 4) is 0 Å². The lowest BCUT2D eigenvalue weighted by molar-refractivity contribution is -0.127. The summed E-state index contributed by atoms with van der Waals surface area (Å²) in [5.41, 5.74) is 0. The summed E-state index contributed by atoms with van der Waals surface area (Å²) in [6.07, 6.45) is 7.76. The van der Waals surface area contributed by atoms with E-state index in [0.717, 1.165) is 32.4 Å². The van der Waals surface area contributed by atoms with Crippen molar-refractivity contribution in [2.24, 2.45) is 11.8 Å². The van der Waals surface area contributed by atoms with Crippen molar-refractivity contribution >= 4 is 24.2 Å². The summed E-state index contributed by atoms with van der Waals surface area (Å²) in [6, 6.07) is 0.182. The number of carbonyl (C=O) groups excluding carboxylic acids is 2. The first-order chi connectivity index (χ1) is 10.1. The Balaban J connectivity index is 0.00000242. The molecule has 6 heteroatoms. The molecule has 0 aromatic heterocycles. The van der Waals surface area contributed by atoms with E-state index in [4.69, 9.17) is 0 Å². The zero-order valence-corrected chi connectivity index (χ0v) is 14.3. The van der Waals surface area contributed by atoms with Gasteiger partial charge >= 0.3 is 0 Å². The van der Waals surface area contributed by atoms with Crippen LogP contribution >= 0.6 is 12.4 Å². The standard InChI is InChI=1S/C16H29N3O2.ClH/c1-12-7-8-17-10-14(12)19-16(21)11-18-15(20)9-13-5-3-2-4-6-13;/h12-14,17H,2-11H2,1H3,(H,18,20)(H,19,21);1H. The molecule has 22 heavy (non-hydrogen) atoms. The van der Waals surface area contributed by atoms with E-state index < -0.39 is 0 Å². The van der Waals surface area contributed by atoms with Crippen LogP contribution < -0.4 is 16.0 Å². The van der Waals surface area contributed by atoms with Crippen molar-refractivity contribution in [3.05, 3.63) is 0 Å². The highest BCUT2D eigenvalue weighted by molar-refractivity contribution is 5.85. The minimum atomic E-state index is -0.0763. The monoisotopic (exact) mass is 331 g/mol. The molecule has 2 unspecified atom stereocenters. The van der Waals surface area contributed by atoms with Crippen LogP contribution in [0.25, 0.3) is 0 Å². The van der Waals surface area contributed by atoms with E-state index in [9.17, 15) is 9.59 Å². The van der Waals surface area contributed by atoms with Gasteiger partial charge in [-0.15, -0.1) is 12.4 Å². The number of rotatable bonds is 5. The van der Waals surface area contributed by atoms with E-state index in [2.05, 4.69) is 22.9 Å². The van der Waals surface area contributed by atoms with Crippen molar-refractivity contribution in [2.45, 2.75) is 57.9 Å². The van der Waals surface area contributed by atoms with Crippen LogP contribution in [0.1, 0.15) is 51.9 Å². The summed E-state index contributed by atoms with van der Waals surface area (Å²) in [7, 11) is 0. The molecule has 1 aliphatic carbocycles. The van der Waals surface area contributed by atoms with Crippen LogP contribution in [-0.2, 0) is 9.59 Å². The van der Waals surface area contributed by atoms with Gasteiger partial charge in [0.05, 0.1) is 6.54 Å². The molecule has 1 aliphatic heterocycles. The first kappa shape index (κ1) is 19.2. The predicted octanol–water partition coefficient (Wildman–Crippen LogP) is 1.61. The largest absolute Gasteiger partial charge is 0.350 e. The molecule has 0 bridgehead atoms. The fourth-order valence-corrected chi connectivity index (χ4v) is 3.35. The molecule has 2 aliphatic rings. The average molecular weight is 332 g/mol. The molecule has 2 amide bonds. The number of hydrogen-bond donors (Lipinski definition) is 3. The summed E-state index contributed by atoms with van der Waals surface area (Å²) >= 11 is 0. The average Bonchev–Trinajstić information content (AvgIpc) is 2.49. The molecular weight excluding hydrogens is 302 g/mol. The van der Waals surface area contributed by atoms with Crippen LogP contribution in [0.15, 0.2) is 0 Å². The Kier molecular flexibility index (Phi) is 8.79. The van der Waals surface area contributed by atoms with Crippen LogP contribution in [0.2, 0.25) is 0 Å². The smallest absolute Gasteiger partial charge is 0.239 e.